The van der Waals surface area contributed by atoms with Crippen LogP contribution in [0.25, 0.3) is 16.9 Å². The summed E-state index contributed by atoms with van der Waals surface area (Å²) in [6.07, 6.45) is -4.54. The van der Waals surface area contributed by atoms with Crippen molar-refractivity contribution in [3.63, 3.8) is 0 Å². The second-order valence-electron chi connectivity index (χ2n) is 5.87. The number of carbonyl (C=O) groups excluding carboxylic acids is 1. The molecule has 1 amide bonds. The molecule has 0 fully saturated rings. The molecule has 0 radical (unpaired) electrons. The number of nitrogens with zero attached hydrogens (tertiary/aromatic N) is 2. The van der Waals surface area contributed by atoms with E-state index in [2.05, 4.69) is 10.4 Å². The first-order valence-electron chi connectivity index (χ1n) is 7.87. The largest absolute Gasteiger partial charge is 0.435 e. The van der Waals surface area contributed by atoms with Gasteiger partial charge in [0, 0.05) is 18.2 Å². The number of halogens is 3. The predicted octanol–water partition coefficient (Wildman–Crippen LogP) is 4.82. The van der Waals surface area contributed by atoms with Gasteiger partial charge in [-0.05, 0) is 42.8 Å². The summed E-state index contributed by atoms with van der Waals surface area (Å²) in [6.45, 7) is 3.18. The van der Waals surface area contributed by atoms with E-state index in [0.717, 1.165) is 11.6 Å². The molecular formula is C19H16F3N3O. The lowest BCUT2D eigenvalue weighted by molar-refractivity contribution is -0.141. The highest BCUT2D eigenvalue weighted by molar-refractivity contribution is 5.90. The van der Waals surface area contributed by atoms with Crippen molar-refractivity contribution in [1.29, 1.82) is 0 Å². The Kier molecular flexibility index (Phi) is 4.54. The number of aryl methyl sites for hydroxylation is 1. The van der Waals surface area contributed by atoms with Gasteiger partial charge in [0.05, 0.1) is 11.4 Å². The van der Waals surface area contributed by atoms with Gasteiger partial charge in [0.25, 0.3) is 0 Å². The molecule has 26 heavy (non-hydrogen) atoms. The number of alkyl halides is 3. The summed E-state index contributed by atoms with van der Waals surface area (Å²) in [5.41, 5.74) is 1.82. The third kappa shape index (κ3) is 3.61. The molecule has 0 aliphatic carbocycles. The fraction of sp³-hybridized carbons (Fsp3) is 0.158. The zero-order valence-corrected chi connectivity index (χ0v) is 14.1. The lowest BCUT2D eigenvalue weighted by Crippen LogP contribution is -2.07. The Morgan fingerprint density at radius 1 is 1.08 bits per heavy atom. The average Bonchev–Trinajstić information content (AvgIpc) is 3.03. The Labute approximate surface area is 148 Å². The van der Waals surface area contributed by atoms with Gasteiger partial charge >= 0.3 is 6.18 Å². The summed E-state index contributed by atoms with van der Waals surface area (Å²) in [5.74, 6) is -0.213. The molecule has 0 bridgehead atoms. The number of nitrogens with one attached hydrogen (secondary N) is 1. The molecule has 1 N–H and O–H groups in total. The van der Waals surface area contributed by atoms with E-state index in [1.165, 1.54) is 11.6 Å². The van der Waals surface area contributed by atoms with Gasteiger partial charge in [-0.1, -0.05) is 24.3 Å². The van der Waals surface area contributed by atoms with Crippen LogP contribution in [0.4, 0.5) is 18.9 Å². The van der Waals surface area contributed by atoms with E-state index >= 15 is 0 Å². The third-order valence-corrected chi connectivity index (χ3v) is 3.83. The minimum Gasteiger partial charge on any atom is -0.326 e. The summed E-state index contributed by atoms with van der Waals surface area (Å²) in [6, 6.07) is 14.7. The molecular weight excluding hydrogens is 343 g/mol. The van der Waals surface area contributed by atoms with Crippen LogP contribution in [0, 0.1) is 6.92 Å². The van der Waals surface area contributed by atoms with Gasteiger partial charge in [0.2, 0.25) is 5.91 Å². The molecule has 134 valence electrons. The van der Waals surface area contributed by atoms with Gasteiger partial charge in [0.1, 0.15) is 0 Å². The van der Waals surface area contributed by atoms with E-state index in [9.17, 15) is 18.0 Å². The first-order valence-corrected chi connectivity index (χ1v) is 7.87. The van der Waals surface area contributed by atoms with Crippen LogP contribution in [-0.4, -0.2) is 15.7 Å². The minimum atomic E-state index is -4.54. The fourth-order valence-corrected chi connectivity index (χ4v) is 2.64. The van der Waals surface area contributed by atoms with Crippen molar-refractivity contribution in [2.75, 3.05) is 5.32 Å². The predicted molar refractivity (Wildman–Crippen MR) is 93.0 cm³/mol. The zero-order valence-electron chi connectivity index (χ0n) is 14.1. The van der Waals surface area contributed by atoms with Crippen LogP contribution in [-0.2, 0) is 11.0 Å². The van der Waals surface area contributed by atoms with Crippen molar-refractivity contribution in [3.8, 4) is 16.9 Å². The Morgan fingerprint density at radius 3 is 2.35 bits per heavy atom. The van der Waals surface area contributed by atoms with Crippen molar-refractivity contribution in [3.05, 3.63) is 65.9 Å². The maximum atomic E-state index is 13.2. The molecule has 1 heterocycles. The molecule has 0 spiro atoms. The Hall–Kier alpha value is -3.09. The van der Waals surface area contributed by atoms with Gasteiger partial charge in [0.15, 0.2) is 5.69 Å². The summed E-state index contributed by atoms with van der Waals surface area (Å²) >= 11 is 0. The van der Waals surface area contributed by atoms with E-state index in [-0.39, 0.29) is 5.91 Å². The summed E-state index contributed by atoms with van der Waals surface area (Å²) in [5, 5.41) is 6.44. The topological polar surface area (TPSA) is 46.9 Å². The number of benzene rings is 2. The number of carbonyl (C=O) groups is 1. The van der Waals surface area contributed by atoms with Gasteiger partial charge in [-0.3, -0.25) is 4.79 Å². The molecule has 0 unspecified atom stereocenters. The lowest BCUT2D eigenvalue weighted by Gasteiger charge is -2.11. The first kappa shape index (κ1) is 17.7. The molecule has 0 aliphatic heterocycles. The van der Waals surface area contributed by atoms with Crippen molar-refractivity contribution in [1.82, 2.24) is 9.78 Å². The third-order valence-electron chi connectivity index (χ3n) is 3.83. The Balaban J connectivity index is 2.13. The van der Waals surface area contributed by atoms with E-state index in [1.54, 1.807) is 55.5 Å². The smallest absolute Gasteiger partial charge is 0.326 e. The van der Waals surface area contributed by atoms with Gasteiger partial charge < -0.3 is 5.32 Å². The quantitative estimate of drug-likeness (QED) is 0.728. The van der Waals surface area contributed by atoms with Crippen LogP contribution in [0.2, 0.25) is 0 Å². The first-order chi connectivity index (χ1) is 12.3. The summed E-state index contributed by atoms with van der Waals surface area (Å²) < 4.78 is 40.8. The van der Waals surface area contributed by atoms with E-state index in [1.807, 2.05) is 0 Å². The van der Waals surface area contributed by atoms with Crippen LogP contribution in [0.15, 0.2) is 54.6 Å². The molecule has 0 saturated heterocycles. The van der Waals surface area contributed by atoms with Crippen molar-refractivity contribution in [2.24, 2.45) is 0 Å². The molecule has 0 saturated carbocycles. The van der Waals surface area contributed by atoms with Crippen molar-refractivity contribution in [2.45, 2.75) is 20.0 Å². The van der Waals surface area contributed by atoms with Crippen LogP contribution in [0.5, 0.6) is 0 Å². The van der Waals surface area contributed by atoms with Crippen LogP contribution < -0.4 is 5.32 Å². The number of rotatable bonds is 3. The summed E-state index contributed by atoms with van der Waals surface area (Å²) in [4.78, 5) is 11.2. The highest BCUT2D eigenvalue weighted by Gasteiger charge is 2.35. The second-order valence-corrected chi connectivity index (χ2v) is 5.87. The molecule has 2 aromatic carbocycles. The Bertz CT molecular complexity index is 946. The highest BCUT2D eigenvalue weighted by Crippen LogP contribution is 2.34. The lowest BCUT2D eigenvalue weighted by atomic mass is 10.1. The number of amides is 1. The minimum absolute atomic E-state index is 0.213. The monoisotopic (exact) mass is 359 g/mol. The highest BCUT2D eigenvalue weighted by atomic mass is 19.4. The molecule has 0 atom stereocenters. The number of hydrogen-bond donors (Lipinski definition) is 1. The van der Waals surface area contributed by atoms with E-state index in [0.29, 0.717) is 22.6 Å². The molecule has 7 heteroatoms. The van der Waals surface area contributed by atoms with E-state index in [4.69, 9.17) is 0 Å². The number of para-hydroxylation sites is 1. The van der Waals surface area contributed by atoms with Gasteiger partial charge in [-0.2, -0.15) is 18.3 Å². The van der Waals surface area contributed by atoms with Crippen LogP contribution >= 0.6 is 0 Å². The number of aromatic nitrogens is 2. The summed E-state index contributed by atoms with van der Waals surface area (Å²) in [7, 11) is 0. The maximum absolute atomic E-state index is 13.2. The van der Waals surface area contributed by atoms with Crippen LogP contribution in [0.1, 0.15) is 18.2 Å². The molecule has 3 aromatic rings. The fourth-order valence-electron chi connectivity index (χ4n) is 2.64. The van der Waals surface area contributed by atoms with Gasteiger partial charge in [-0.15, -0.1) is 0 Å². The molecule has 4 nitrogen and oxygen atoms in total. The SMILES string of the molecule is CC(=O)Nc1ccc(-c2cc(C(F)(F)F)nn2-c2ccccc2)cc1C. The van der Waals surface area contributed by atoms with E-state index < -0.39 is 11.9 Å². The zero-order chi connectivity index (χ0) is 18.9. The molecule has 1 aromatic heterocycles. The molecule has 0 aliphatic rings. The maximum Gasteiger partial charge on any atom is 0.435 e. The molecule has 3 rings (SSSR count). The number of hydrogen-bond acceptors (Lipinski definition) is 2. The Morgan fingerprint density at radius 2 is 1.77 bits per heavy atom. The normalized spacial score (nSPS) is 11.4. The number of anilines is 1. The average molecular weight is 359 g/mol. The van der Waals surface area contributed by atoms with Crippen molar-refractivity contribution >= 4 is 11.6 Å². The standard InChI is InChI=1S/C19H16F3N3O/c1-12-10-14(8-9-16(12)23-13(2)26)17-11-18(19(20,21)22)24-25(17)15-6-4-3-5-7-15/h3-11H,1-2H3,(H,23,26). The van der Waals surface area contributed by atoms with Crippen molar-refractivity contribution < 1.29 is 18.0 Å². The van der Waals surface area contributed by atoms with Gasteiger partial charge in [-0.25, -0.2) is 4.68 Å². The second kappa shape index (κ2) is 6.67. The van der Waals surface area contributed by atoms with Crippen LogP contribution in [0.3, 0.4) is 0 Å².